The predicted molar refractivity (Wildman–Crippen MR) is 86.0 cm³/mol. The Hall–Kier alpha value is -2.28. The zero-order chi connectivity index (χ0) is 17.2. The van der Waals surface area contributed by atoms with Gasteiger partial charge in [0.15, 0.2) is 0 Å². The van der Waals surface area contributed by atoms with Crippen LogP contribution >= 0.6 is 0 Å². The molecule has 2 amide bonds. The number of nitrogens with one attached hydrogen (secondary N) is 1. The Morgan fingerprint density at radius 1 is 1.17 bits per heavy atom. The zero-order valence-corrected chi connectivity index (χ0v) is 14.0. The van der Waals surface area contributed by atoms with E-state index in [0.717, 1.165) is 6.42 Å². The summed E-state index contributed by atoms with van der Waals surface area (Å²) in [6.07, 6.45) is 0.728. The molecular formula is C16H24N2O5. The Balaban J connectivity index is 2.64. The maximum atomic E-state index is 12.4. The van der Waals surface area contributed by atoms with E-state index in [4.69, 9.17) is 14.2 Å². The van der Waals surface area contributed by atoms with Crippen LogP contribution in [0.15, 0.2) is 18.2 Å². The lowest BCUT2D eigenvalue weighted by molar-refractivity contribution is -0.121. The fraction of sp³-hybridized carbons (Fsp3) is 0.500. The molecule has 1 N–H and O–H groups in total. The molecule has 0 unspecified atom stereocenters. The van der Waals surface area contributed by atoms with Gasteiger partial charge in [-0.2, -0.15) is 0 Å². The number of likely N-dealkylation sites (N-methyl/N-ethyl adjacent to an activating group) is 1. The van der Waals surface area contributed by atoms with Gasteiger partial charge in [-0.05, 0) is 18.6 Å². The van der Waals surface area contributed by atoms with Crippen LogP contribution in [0, 0.1) is 0 Å². The van der Waals surface area contributed by atoms with Crippen LogP contribution in [0.5, 0.6) is 11.5 Å². The molecule has 0 fully saturated rings. The second-order valence-electron chi connectivity index (χ2n) is 4.92. The molecule has 0 aromatic heterocycles. The predicted octanol–water partition coefficient (Wildman–Crippen LogP) is 0.929. The van der Waals surface area contributed by atoms with Crippen molar-refractivity contribution in [3.8, 4) is 11.5 Å². The second-order valence-corrected chi connectivity index (χ2v) is 4.92. The van der Waals surface area contributed by atoms with Gasteiger partial charge in [-0.3, -0.25) is 9.59 Å². The molecule has 0 saturated heterocycles. The van der Waals surface area contributed by atoms with Crippen LogP contribution in [-0.4, -0.2) is 64.8 Å². The number of hydrogen-bond acceptors (Lipinski definition) is 5. The number of methoxy groups -OCH3 is 3. The van der Waals surface area contributed by atoms with E-state index in [2.05, 4.69) is 5.32 Å². The summed E-state index contributed by atoms with van der Waals surface area (Å²) in [4.78, 5) is 25.6. The van der Waals surface area contributed by atoms with Gasteiger partial charge in [0.1, 0.15) is 11.5 Å². The van der Waals surface area contributed by atoms with Crippen molar-refractivity contribution in [1.29, 1.82) is 0 Å². The van der Waals surface area contributed by atoms with Crippen molar-refractivity contribution in [3.05, 3.63) is 23.8 Å². The first kappa shape index (κ1) is 18.8. The second kappa shape index (κ2) is 9.68. The molecule has 128 valence electrons. The number of amides is 2. The summed E-state index contributed by atoms with van der Waals surface area (Å²) in [6.45, 7) is 1.07. The van der Waals surface area contributed by atoms with Crippen LogP contribution in [0.4, 0.5) is 0 Å². The molecule has 23 heavy (non-hydrogen) atoms. The first-order valence-electron chi connectivity index (χ1n) is 7.26. The summed E-state index contributed by atoms with van der Waals surface area (Å²) in [6, 6.07) is 4.92. The summed E-state index contributed by atoms with van der Waals surface area (Å²) in [5.74, 6) is 0.486. The molecule has 0 heterocycles. The third kappa shape index (κ3) is 5.78. The van der Waals surface area contributed by atoms with Crippen LogP contribution in [0.1, 0.15) is 16.8 Å². The van der Waals surface area contributed by atoms with E-state index in [0.29, 0.717) is 30.2 Å². The van der Waals surface area contributed by atoms with Crippen molar-refractivity contribution in [2.45, 2.75) is 6.42 Å². The standard InChI is InChI=1S/C16H24N2O5/c1-18(11-15(19)17-8-5-9-21-2)16(20)13-7-6-12(22-3)10-14(13)23-4/h6-7,10H,5,8-9,11H2,1-4H3,(H,17,19). The topological polar surface area (TPSA) is 77.1 Å². The minimum atomic E-state index is -0.295. The lowest BCUT2D eigenvalue weighted by Gasteiger charge is -2.18. The molecule has 0 saturated carbocycles. The lowest BCUT2D eigenvalue weighted by Crippen LogP contribution is -2.38. The van der Waals surface area contributed by atoms with Crippen LogP contribution in [-0.2, 0) is 9.53 Å². The highest BCUT2D eigenvalue weighted by molar-refractivity contribution is 5.98. The number of rotatable bonds is 9. The van der Waals surface area contributed by atoms with Crippen LogP contribution in [0.2, 0.25) is 0 Å². The van der Waals surface area contributed by atoms with E-state index in [1.165, 1.54) is 19.1 Å². The highest BCUT2D eigenvalue weighted by Crippen LogP contribution is 2.25. The summed E-state index contributed by atoms with van der Waals surface area (Å²) in [7, 11) is 6.20. The Labute approximate surface area is 136 Å². The SMILES string of the molecule is COCCCNC(=O)CN(C)C(=O)c1ccc(OC)cc1OC. The van der Waals surface area contributed by atoms with Gasteiger partial charge in [-0.1, -0.05) is 0 Å². The first-order chi connectivity index (χ1) is 11.0. The van der Waals surface area contributed by atoms with Crippen molar-refractivity contribution in [3.63, 3.8) is 0 Å². The molecule has 0 aliphatic rings. The van der Waals surface area contributed by atoms with E-state index in [1.807, 2.05) is 0 Å². The maximum Gasteiger partial charge on any atom is 0.257 e. The van der Waals surface area contributed by atoms with Gasteiger partial charge >= 0.3 is 0 Å². The molecule has 7 nitrogen and oxygen atoms in total. The zero-order valence-electron chi connectivity index (χ0n) is 14.0. The number of benzene rings is 1. The summed E-state index contributed by atoms with van der Waals surface area (Å²) in [5, 5.41) is 2.74. The van der Waals surface area contributed by atoms with E-state index >= 15 is 0 Å². The average molecular weight is 324 g/mol. The number of carbonyl (C=O) groups is 2. The smallest absolute Gasteiger partial charge is 0.257 e. The van der Waals surface area contributed by atoms with Gasteiger partial charge in [0.05, 0.1) is 26.3 Å². The summed E-state index contributed by atoms with van der Waals surface area (Å²) < 4.78 is 15.2. The highest BCUT2D eigenvalue weighted by atomic mass is 16.5. The minimum absolute atomic E-state index is 0.0268. The van der Waals surface area contributed by atoms with Crippen molar-refractivity contribution in [2.24, 2.45) is 0 Å². The Kier molecular flexibility index (Phi) is 7.90. The normalized spacial score (nSPS) is 10.1. The molecule has 0 bridgehead atoms. The van der Waals surface area contributed by atoms with Gasteiger partial charge in [0, 0.05) is 33.4 Å². The Morgan fingerprint density at radius 2 is 1.91 bits per heavy atom. The van der Waals surface area contributed by atoms with Gasteiger partial charge < -0.3 is 24.4 Å². The van der Waals surface area contributed by atoms with Crippen molar-refractivity contribution < 1.29 is 23.8 Å². The fourth-order valence-corrected chi connectivity index (χ4v) is 1.97. The first-order valence-corrected chi connectivity index (χ1v) is 7.26. The molecule has 7 heteroatoms. The van der Waals surface area contributed by atoms with Gasteiger partial charge in [0.2, 0.25) is 5.91 Å². The maximum absolute atomic E-state index is 12.4. The van der Waals surface area contributed by atoms with E-state index < -0.39 is 0 Å². The summed E-state index contributed by atoms with van der Waals surface area (Å²) in [5.41, 5.74) is 0.378. The van der Waals surface area contributed by atoms with Crippen LogP contribution < -0.4 is 14.8 Å². The highest BCUT2D eigenvalue weighted by Gasteiger charge is 2.19. The monoisotopic (exact) mass is 324 g/mol. The van der Waals surface area contributed by atoms with E-state index in [1.54, 1.807) is 32.4 Å². The number of carbonyl (C=O) groups excluding carboxylic acids is 2. The molecule has 0 aliphatic heterocycles. The average Bonchev–Trinajstić information content (AvgIpc) is 2.57. The molecule has 0 aliphatic carbocycles. The molecule has 0 atom stereocenters. The minimum Gasteiger partial charge on any atom is -0.497 e. The third-order valence-electron chi connectivity index (χ3n) is 3.21. The molecule has 1 aromatic carbocycles. The van der Waals surface area contributed by atoms with Gasteiger partial charge in [-0.15, -0.1) is 0 Å². The van der Waals surface area contributed by atoms with E-state index in [9.17, 15) is 9.59 Å². The molecule has 1 rings (SSSR count). The molecular weight excluding hydrogens is 300 g/mol. The lowest BCUT2D eigenvalue weighted by atomic mass is 10.1. The summed E-state index contributed by atoms with van der Waals surface area (Å²) >= 11 is 0. The largest absolute Gasteiger partial charge is 0.497 e. The fourth-order valence-electron chi connectivity index (χ4n) is 1.97. The molecule has 0 radical (unpaired) electrons. The third-order valence-corrected chi connectivity index (χ3v) is 3.21. The van der Waals surface area contributed by atoms with Crippen LogP contribution in [0.3, 0.4) is 0 Å². The molecule has 0 spiro atoms. The van der Waals surface area contributed by atoms with Crippen LogP contribution in [0.25, 0.3) is 0 Å². The van der Waals surface area contributed by atoms with Gasteiger partial charge in [0.25, 0.3) is 5.91 Å². The van der Waals surface area contributed by atoms with Crippen molar-refractivity contribution in [1.82, 2.24) is 10.2 Å². The van der Waals surface area contributed by atoms with E-state index in [-0.39, 0.29) is 18.4 Å². The number of nitrogens with zero attached hydrogens (tertiary/aromatic N) is 1. The number of hydrogen-bond donors (Lipinski definition) is 1. The molecule has 1 aromatic rings. The quantitative estimate of drug-likeness (QED) is 0.684. The number of ether oxygens (including phenoxy) is 3. The Morgan fingerprint density at radius 3 is 2.52 bits per heavy atom. The Bertz CT molecular complexity index is 533. The van der Waals surface area contributed by atoms with Gasteiger partial charge in [-0.25, -0.2) is 0 Å². The van der Waals surface area contributed by atoms with Crippen molar-refractivity contribution in [2.75, 3.05) is 48.1 Å². The van der Waals surface area contributed by atoms with Crippen molar-refractivity contribution >= 4 is 11.8 Å².